The molecule has 2 aromatic rings. The summed E-state index contributed by atoms with van der Waals surface area (Å²) in [6, 6.07) is 12.0. The highest BCUT2D eigenvalue weighted by molar-refractivity contribution is 5.80. The first kappa shape index (κ1) is 19.9. The molecule has 1 aromatic carbocycles. The molecule has 1 saturated heterocycles. The quantitative estimate of drug-likeness (QED) is 0.581. The number of nitrogens with zero attached hydrogens (tertiary/aromatic N) is 5. The van der Waals surface area contributed by atoms with Crippen LogP contribution in [0.5, 0.6) is 0 Å². The summed E-state index contributed by atoms with van der Waals surface area (Å²) >= 11 is 0. The Labute approximate surface area is 173 Å². The van der Waals surface area contributed by atoms with Gasteiger partial charge in [0, 0.05) is 32.2 Å². The average Bonchev–Trinajstić information content (AvgIpc) is 3.54. The molecule has 2 N–H and O–H groups in total. The molecule has 1 aromatic heterocycles. The molecular weight excluding hydrogens is 362 g/mol. The number of nitrogens with one attached hydrogen (secondary N) is 2. The molecule has 2 heterocycles. The minimum absolute atomic E-state index is 0.176. The predicted molar refractivity (Wildman–Crippen MR) is 116 cm³/mol. The highest BCUT2D eigenvalue weighted by atomic mass is 15.3. The van der Waals surface area contributed by atoms with Crippen LogP contribution in [0.2, 0.25) is 0 Å². The van der Waals surface area contributed by atoms with E-state index >= 15 is 0 Å². The Bertz CT molecular complexity index is 817. The van der Waals surface area contributed by atoms with Gasteiger partial charge in [0.2, 0.25) is 0 Å². The monoisotopic (exact) mass is 395 g/mol. The van der Waals surface area contributed by atoms with Crippen molar-refractivity contribution in [3.63, 3.8) is 0 Å². The molecule has 4 rings (SSSR count). The van der Waals surface area contributed by atoms with Crippen LogP contribution in [0, 0.1) is 6.92 Å². The largest absolute Gasteiger partial charge is 0.354 e. The molecule has 2 fully saturated rings. The maximum atomic E-state index is 4.85. The van der Waals surface area contributed by atoms with Gasteiger partial charge in [-0.1, -0.05) is 30.3 Å². The lowest BCUT2D eigenvalue weighted by Gasteiger charge is -2.33. The summed E-state index contributed by atoms with van der Waals surface area (Å²) in [7, 11) is 1.99. The van der Waals surface area contributed by atoms with Crippen LogP contribution in [0.25, 0.3) is 0 Å². The second kappa shape index (κ2) is 8.95. The van der Waals surface area contributed by atoms with Gasteiger partial charge < -0.3 is 20.1 Å². The molecule has 156 valence electrons. The molecule has 29 heavy (non-hydrogen) atoms. The molecule has 2 aliphatic rings. The van der Waals surface area contributed by atoms with Crippen molar-refractivity contribution in [2.45, 2.75) is 64.2 Å². The van der Waals surface area contributed by atoms with E-state index in [1.807, 2.05) is 24.6 Å². The van der Waals surface area contributed by atoms with Crippen molar-refractivity contribution in [2.75, 3.05) is 13.1 Å². The number of guanidine groups is 1. The zero-order valence-corrected chi connectivity index (χ0v) is 17.8. The Morgan fingerprint density at radius 2 is 1.86 bits per heavy atom. The fraction of sp³-hybridized carbons (Fsp3) is 0.591. The lowest BCUT2D eigenvalue weighted by Crippen LogP contribution is -2.49. The lowest BCUT2D eigenvalue weighted by atomic mass is 10.0. The van der Waals surface area contributed by atoms with E-state index in [-0.39, 0.29) is 6.04 Å². The van der Waals surface area contributed by atoms with Gasteiger partial charge in [-0.2, -0.15) is 0 Å². The van der Waals surface area contributed by atoms with Crippen LogP contribution in [0.15, 0.2) is 35.3 Å². The minimum atomic E-state index is 0.176. The van der Waals surface area contributed by atoms with Gasteiger partial charge in [0.1, 0.15) is 12.4 Å². The van der Waals surface area contributed by atoms with Crippen LogP contribution in [0.4, 0.5) is 0 Å². The zero-order chi connectivity index (χ0) is 20.2. The number of aliphatic imine (C=N–C) groups is 1. The van der Waals surface area contributed by atoms with Crippen molar-refractivity contribution >= 4 is 5.96 Å². The van der Waals surface area contributed by atoms with E-state index in [1.54, 1.807) is 0 Å². The summed E-state index contributed by atoms with van der Waals surface area (Å²) in [5, 5.41) is 15.7. The first-order valence-corrected chi connectivity index (χ1v) is 10.8. The van der Waals surface area contributed by atoms with Gasteiger partial charge >= 0.3 is 0 Å². The second-order valence-electron chi connectivity index (χ2n) is 8.35. The van der Waals surface area contributed by atoms with Crippen molar-refractivity contribution in [3.8, 4) is 0 Å². The summed E-state index contributed by atoms with van der Waals surface area (Å²) in [6.07, 6.45) is 5.11. The molecule has 1 aliphatic heterocycles. The first-order chi connectivity index (χ1) is 14.1. The van der Waals surface area contributed by atoms with Crippen molar-refractivity contribution in [2.24, 2.45) is 12.0 Å². The van der Waals surface area contributed by atoms with Gasteiger partial charge in [-0.05, 0) is 45.1 Å². The predicted octanol–water partition coefficient (Wildman–Crippen LogP) is 2.55. The Morgan fingerprint density at radius 1 is 1.14 bits per heavy atom. The van der Waals surface area contributed by atoms with Gasteiger partial charge in [-0.25, -0.2) is 4.99 Å². The van der Waals surface area contributed by atoms with E-state index in [1.165, 1.54) is 44.3 Å². The molecule has 1 unspecified atom stereocenters. The fourth-order valence-corrected chi connectivity index (χ4v) is 3.94. The van der Waals surface area contributed by atoms with E-state index in [9.17, 15) is 0 Å². The van der Waals surface area contributed by atoms with E-state index in [2.05, 4.69) is 56.9 Å². The van der Waals surface area contributed by atoms with Gasteiger partial charge in [0.15, 0.2) is 11.8 Å². The number of aromatic nitrogens is 3. The van der Waals surface area contributed by atoms with E-state index < -0.39 is 0 Å². The second-order valence-corrected chi connectivity index (χ2v) is 8.35. The maximum Gasteiger partial charge on any atom is 0.192 e. The standard InChI is InChI=1S/C22H33N7/c1-16(18-7-5-4-6-8-18)24-22(23-15-21-27-26-17(2)28(21)3)25-19-11-13-29(14-12-19)20-9-10-20/h4-8,16,19-20H,9-15H2,1-3H3,(H2,23,24,25). The third-order valence-electron chi connectivity index (χ3n) is 6.15. The van der Waals surface area contributed by atoms with Crippen molar-refractivity contribution in [1.82, 2.24) is 30.3 Å². The molecule has 0 spiro atoms. The molecule has 7 heteroatoms. The number of hydrogen-bond donors (Lipinski definition) is 2. The molecule has 0 radical (unpaired) electrons. The van der Waals surface area contributed by atoms with Crippen LogP contribution >= 0.6 is 0 Å². The third-order valence-corrected chi connectivity index (χ3v) is 6.15. The minimum Gasteiger partial charge on any atom is -0.354 e. The van der Waals surface area contributed by atoms with Crippen LogP contribution < -0.4 is 10.6 Å². The highest BCUT2D eigenvalue weighted by Gasteiger charge is 2.32. The molecule has 0 amide bonds. The summed E-state index contributed by atoms with van der Waals surface area (Å²) < 4.78 is 2.00. The van der Waals surface area contributed by atoms with Crippen LogP contribution in [0.1, 0.15) is 55.9 Å². The number of benzene rings is 1. The molecule has 1 aliphatic carbocycles. The van der Waals surface area contributed by atoms with Crippen molar-refractivity contribution < 1.29 is 0 Å². The van der Waals surface area contributed by atoms with E-state index in [4.69, 9.17) is 4.99 Å². The Morgan fingerprint density at radius 3 is 2.48 bits per heavy atom. The molecule has 0 bridgehead atoms. The number of aryl methyl sites for hydroxylation is 1. The van der Waals surface area contributed by atoms with Crippen LogP contribution in [-0.2, 0) is 13.6 Å². The topological polar surface area (TPSA) is 70.4 Å². The summed E-state index contributed by atoms with van der Waals surface area (Å²) in [5.41, 5.74) is 1.25. The Hall–Kier alpha value is -2.41. The normalized spacial score (nSPS) is 19.9. The Kier molecular flexibility index (Phi) is 6.13. The SMILES string of the molecule is Cc1nnc(CN=C(NC2CCN(C3CC3)CC2)NC(C)c2ccccc2)n1C. The summed E-state index contributed by atoms with van der Waals surface area (Å²) in [4.78, 5) is 7.50. The Balaban J connectivity index is 1.42. The third kappa shape index (κ3) is 5.15. The molecule has 1 atom stereocenters. The van der Waals surface area contributed by atoms with E-state index in [0.29, 0.717) is 12.6 Å². The van der Waals surface area contributed by atoms with Crippen LogP contribution in [0.3, 0.4) is 0 Å². The van der Waals surface area contributed by atoms with Gasteiger partial charge in [0.25, 0.3) is 0 Å². The first-order valence-electron chi connectivity index (χ1n) is 10.8. The maximum absolute atomic E-state index is 4.85. The van der Waals surface area contributed by atoms with Gasteiger partial charge in [0.05, 0.1) is 6.04 Å². The zero-order valence-electron chi connectivity index (χ0n) is 17.8. The average molecular weight is 396 g/mol. The number of likely N-dealkylation sites (tertiary alicyclic amines) is 1. The number of rotatable bonds is 6. The number of hydrogen-bond acceptors (Lipinski definition) is 4. The molecule has 7 nitrogen and oxygen atoms in total. The van der Waals surface area contributed by atoms with Gasteiger partial charge in [-0.15, -0.1) is 10.2 Å². The van der Waals surface area contributed by atoms with Crippen molar-refractivity contribution in [3.05, 3.63) is 47.5 Å². The summed E-state index contributed by atoms with van der Waals surface area (Å²) in [6.45, 7) is 7.02. The van der Waals surface area contributed by atoms with E-state index in [0.717, 1.165) is 23.7 Å². The highest BCUT2D eigenvalue weighted by Crippen LogP contribution is 2.29. The van der Waals surface area contributed by atoms with Crippen LogP contribution in [-0.4, -0.2) is 50.8 Å². The van der Waals surface area contributed by atoms with Gasteiger partial charge in [-0.3, -0.25) is 0 Å². The number of piperidine rings is 1. The fourth-order valence-electron chi connectivity index (χ4n) is 3.94. The smallest absolute Gasteiger partial charge is 0.192 e. The lowest BCUT2D eigenvalue weighted by molar-refractivity contribution is 0.197. The molecule has 1 saturated carbocycles. The summed E-state index contributed by atoms with van der Waals surface area (Å²) in [5.74, 6) is 2.63. The molecular formula is C22H33N7. The van der Waals surface area contributed by atoms with Crippen molar-refractivity contribution in [1.29, 1.82) is 0 Å².